The van der Waals surface area contributed by atoms with Gasteiger partial charge < -0.3 is 4.74 Å². The van der Waals surface area contributed by atoms with Gasteiger partial charge in [-0.05, 0) is 48.2 Å². The van der Waals surface area contributed by atoms with E-state index in [2.05, 4.69) is 18.6 Å². The molecule has 4 nitrogen and oxygen atoms in total. The van der Waals surface area contributed by atoms with Crippen LogP contribution in [0.5, 0.6) is 5.75 Å². The van der Waals surface area contributed by atoms with Crippen LogP contribution in [0.4, 0.5) is 5.69 Å². The van der Waals surface area contributed by atoms with Crippen LogP contribution in [0.3, 0.4) is 0 Å². The van der Waals surface area contributed by atoms with Crippen LogP contribution in [-0.4, -0.2) is 15.5 Å². The maximum absolute atomic E-state index is 12.5. The number of hydrogen-bond acceptors (Lipinski definition) is 3. The molecule has 0 spiro atoms. The maximum atomic E-state index is 12.5. The zero-order valence-corrected chi connectivity index (χ0v) is 14.9. The minimum atomic E-state index is -3.70. The number of benzene rings is 2. The number of methoxy groups -OCH3 is 1. The number of anilines is 1. The zero-order valence-electron chi connectivity index (χ0n) is 13.3. The molecule has 0 aliphatic rings. The van der Waals surface area contributed by atoms with E-state index >= 15 is 0 Å². The molecule has 6 heteroatoms. The first kappa shape index (κ1) is 17.6. The summed E-state index contributed by atoms with van der Waals surface area (Å²) in [5, 5.41) is 0.426. The Balaban J connectivity index is 2.30. The number of hydrogen-bond donors (Lipinski definition) is 1. The molecule has 2 aromatic carbocycles. The molecule has 0 amide bonds. The van der Waals surface area contributed by atoms with E-state index in [0.29, 0.717) is 22.4 Å². The summed E-state index contributed by atoms with van der Waals surface area (Å²) in [7, 11) is -2.23. The SMILES string of the molecule is CC[C@@H](C)c1ccc(S(=O)(=O)Nc2cc(Cl)ccc2OC)cc1. The number of rotatable bonds is 6. The molecule has 23 heavy (non-hydrogen) atoms. The second-order valence-electron chi connectivity index (χ2n) is 5.33. The summed E-state index contributed by atoms with van der Waals surface area (Å²) in [4.78, 5) is 0.201. The summed E-state index contributed by atoms with van der Waals surface area (Å²) < 4.78 is 32.7. The van der Waals surface area contributed by atoms with Crippen molar-refractivity contribution >= 4 is 27.3 Å². The lowest BCUT2D eigenvalue weighted by molar-refractivity contribution is 0.417. The molecule has 0 aliphatic carbocycles. The molecule has 0 unspecified atom stereocenters. The van der Waals surface area contributed by atoms with Gasteiger partial charge in [0.25, 0.3) is 10.0 Å². The number of nitrogens with one attached hydrogen (secondary N) is 1. The number of sulfonamides is 1. The Hall–Kier alpha value is -1.72. The highest BCUT2D eigenvalue weighted by Gasteiger charge is 2.17. The first-order chi connectivity index (χ1) is 10.9. The highest BCUT2D eigenvalue weighted by Crippen LogP contribution is 2.30. The van der Waals surface area contributed by atoms with Gasteiger partial charge >= 0.3 is 0 Å². The minimum Gasteiger partial charge on any atom is -0.495 e. The average Bonchev–Trinajstić information content (AvgIpc) is 2.54. The predicted octanol–water partition coefficient (Wildman–Crippen LogP) is 4.66. The first-order valence-electron chi connectivity index (χ1n) is 7.33. The van der Waals surface area contributed by atoms with Crippen LogP contribution in [0.15, 0.2) is 47.4 Å². The van der Waals surface area contributed by atoms with E-state index in [0.717, 1.165) is 12.0 Å². The smallest absolute Gasteiger partial charge is 0.262 e. The third-order valence-corrected chi connectivity index (χ3v) is 5.39. The van der Waals surface area contributed by atoms with Crippen molar-refractivity contribution in [3.63, 3.8) is 0 Å². The normalized spacial score (nSPS) is 12.7. The molecule has 1 atom stereocenters. The van der Waals surface area contributed by atoms with E-state index in [1.54, 1.807) is 24.3 Å². The zero-order chi connectivity index (χ0) is 17.0. The van der Waals surface area contributed by atoms with Crippen molar-refractivity contribution in [3.8, 4) is 5.75 Å². The molecule has 0 radical (unpaired) electrons. The van der Waals surface area contributed by atoms with Gasteiger partial charge in [0.15, 0.2) is 0 Å². The molecule has 0 bridgehead atoms. The maximum Gasteiger partial charge on any atom is 0.262 e. The average molecular weight is 354 g/mol. The van der Waals surface area contributed by atoms with Gasteiger partial charge in [0.1, 0.15) is 5.75 Å². The fourth-order valence-electron chi connectivity index (χ4n) is 2.17. The lowest BCUT2D eigenvalue weighted by atomic mass is 9.99. The third kappa shape index (κ3) is 4.18. The van der Waals surface area contributed by atoms with Gasteiger partial charge in [0, 0.05) is 5.02 Å². The van der Waals surface area contributed by atoms with Crippen LogP contribution in [0, 0.1) is 0 Å². The van der Waals surface area contributed by atoms with Gasteiger partial charge in [0.05, 0.1) is 17.7 Å². The van der Waals surface area contributed by atoms with Crippen molar-refractivity contribution in [2.24, 2.45) is 0 Å². The van der Waals surface area contributed by atoms with Crippen molar-refractivity contribution in [1.82, 2.24) is 0 Å². The summed E-state index contributed by atoms with van der Waals surface area (Å²) in [6.45, 7) is 4.21. The molecule has 124 valence electrons. The van der Waals surface area contributed by atoms with Gasteiger partial charge in [-0.25, -0.2) is 8.42 Å². The van der Waals surface area contributed by atoms with Crippen molar-refractivity contribution in [2.75, 3.05) is 11.8 Å². The van der Waals surface area contributed by atoms with Crippen LogP contribution in [-0.2, 0) is 10.0 Å². The second kappa shape index (κ2) is 7.23. The fourth-order valence-corrected chi connectivity index (χ4v) is 3.41. The molecule has 2 aromatic rings. The Kier molecular flexibility index (Phi) is 5.55. The Morgan fingerprint density at radius 1 is 1.17 bits per heavy atom. The molecule has 0 saturated heterocycles. The fraction of sp³-hybridized carbons (Fsp3) is 0.294. The van der Waals surface area contributed by atoms with E-state index in [4.69, 9.17) is 16.3 Å². The summed E-state index contributed by atoms with van der Waals surface area (Å²) in [5.74, 6) is 0.807. The summed E-state index contributed by atoms with van der Waals surface area (Å²) in [5.41, 5.74) is 1.43. The lowest BCUT2D eigenvalue weighted by Crippen LogP contribution is -2.13. The van der Waals surface area contributed by atoms with E-state index in [1.807, 2.05) is 12.1 Å². The van der Waals surface area contributed by atoms with Gasteiger partial charge in [-0.2, -0.15) is 0 Å². The van der Waals surface area contributed by atoms with Crippen LogP contribution >= 0.6 is 11.6 Å². The van der Waals surface area contributed by atoms with E-state index in [1.165, 1.54) is 13.2 Å². The topological polar surface area (TPSA) is 55.4 Å². The van der Waals surface area contributed by atoms with Crippen LogP contribution in [0.1, 0.15) is 31.7 Å². The summed E-state index contributed by atoms with van der Waals surface area (Å²) in [6.07, 6.45) is 1.00. The molecular formula is C17H20ClNO3S. The van der Waals surface area contributed by atoms with Crippen molar-refractivity contribution in [3.05, 3.63) is 53.1 Å². The molecule has 0 heterocycles. The summed E-state index contributed by atoms with van der Waals surface area (Å²) in [6, 6.07) is 11.7. The number of ether oxygens (including phenoxy) is 1. The molecule has 0 saturated carbocycles. The first-order valence-corrected chi connectivity index (χ1v) is 9.19. The van der Waals surface area contributed by atoms with Gasteiger partial charge in [-0.1, -0.05) is 37.6 Å². The van der Waals surface area contributed by atoms with Gasteiger partial charge in [-0.15, -0.1) is 0 Å². The third-order valence-electron chi connectivity index (χ3n) is 3.78. The Labute approximate surface area is 142 Å². The number of halogens is 1. The molecule has 0 fully saturated rings. The van der Waals surface area contributed by atoms with Gasteiger partial charge in [-0.3, -0.25) is 4.72 Å². The molecule has 0 aromatic heterocycles. The Bertz CT molecular complexity index is 773. The Morgan fingerprint density at radius 3 is 2.39 bits per heavy atom. The minimum absolute atomic E-state index is 0.201. The highest BCUT2D eigenvalue weighted by atomic mass is 35.5. The van der Waals surface area contributed by atoms with Crippen molar-refractivity contribution in [2.45, 2.75) is 31.1 Å². The largest absolute Gasteiger partial charge is 0.495 e. The summed E-state index contributed by atoms with van der Waals surface area (Å²) >= 11 is 5.93. The van der Waals surface area contributed by atoms with Crippen LogP contribution < -0.4 is 9.46 Å². The molecule has 2 rings (SSSR count). The lowest BCUT2D eigenvalue weighted by Gasteiger charge is -2.13. The quantitative estimate of drug-likeness (QED) is 0.821. The predicted molar refractivity (Wildman–Crippen MR) is 94.0 cm³/mol. The van der Waals surface area contributed by atoms with Crippen molar-refractivity contribution in [1.29, 1.82) is 0 Å². The van der Waals surface area contributed by atoms with Crippen molar-refractivity contribution < 1.29 is 13.2 Å². The standard InChI is InChI=1S/C17H20ClNO3S/c1-4-12(2)13-5-8-15(9-6-13)23(20,21)19-16-11-14(18)7-10-17(16)22-3/h5-12,19H,4H2,1-3H3/t12-/m1/s1. The molecule has 0 aliphatic heterocycles. The molecular weight excluding hydrogens is 334 g/mol. The van der Waals surface area contributed by atoms with Gasteiger partial charge in [0.2, 0.25) is 0 Å². The van der Waals surface area contributed by atoms with E-state index in [-0.39, 0.29) is 4.90 Å². The Morgan fingerprint density at radius 2 is 1.83 bits per heavy atom. The van der Waals surface area contributed by atoms with Crippen LogP contribution in [0.25, 0.3) is 0 Å². The van der Waals surface area contributed by atoms with E-state index in [9.17, 15) is 8.42 Å². The highest BCUT2D eigenvalue weighted by molar-refractivity contribution is 7.92. The monoisotopic (exact) mass is 353 g/mol. The van der Waals surface area contributed by atoms with E-state index < -0.39 is 10.0 Å². The van der Waals surface area contributed by atoms with Crippen LogP contribution in [0.2, 0.25) is 5.02 Å². The second-order valence-corrected chi connectivity index (χ2v) is 7.45. The molecule has 1 N–H and O–H groups in total.